The molecule has 4 rings (SSSR count). The molecule has 0 aliphatic carbocycles. The molecule has 0 unspecified atom stereocenters. The summed E-state index contributed by atoms with van der Waals surface area (Å²) in [4.78, 5) is 18.1. The highest BCUT2D eigenvalue weighted by Crippen LogP contribution is 2.23. The fourth-order valence-corrected chi connectivity index (χ4v) is 3.18. The lowest BCUT2D eigenvalue weighted by atomic mass is 10.2. The van der Waals surface area contributed by atoms with E-state index in [1.54, 1.807) is 0 Å². The fourth-order valence-electron chi connectivity index (χ4n) is 3.18. The highest BCUT2D eigenvalue weighted by Gasteiger charge is 2.16. The van der Waals surface area contributed by atoms with Crippen molar-refractivity contribution in [2.75, 3.05) is 5.32 Å². The maximum Gasteiger partial charge on any atom is 0.322 e. The van der Waals surface area contributed by atoms with Crippen molar-refractivity contribution in [3.05, 3.63) is 102 Å². The summed E-state index contributed by atoms with van der Waals surface area (Å²) in [5.74, 6) is 0. The summed E-state index contributed by atoms with van der Waals surface area (Å²) in [5.41, 5.74) is 4.00. The second-order valence-electron chi connectivity index (χ2n) is 6.51. The Hall–Kier alpha value is -3.53. The number of fused-ring (bicyclic) bond motifs is 1. The highest BCUT2D eigenvalue weighted by atomic mass is 16.2. The average molecular weight is 355 g/mol. The average Bonchev–Trinajstić information content (AvgIpc) is 3.12. The first-order valence-electron chi connectivity index (χ1n) is 8.99. The topological polar surface area (TPSA) is 48.1 Å². The van der Waals surface area contributed by atoms with Crippen LogP contribution in [-0.2, 0) is 13.1 Å². The predicted molar refractivity (Wildman–Crippen MR) is 109 cm³/mol. The van der Waals surface area contributed by atoms with Crippen molar-refractivity contribution in [3.8, 4) is 0 Å². The lowest BCUT2D eigenvalue weighted by Gasteiger charge is -2.23. The van der Waals surface area contributed by atoms with Gasteiger partial charge in [0.1, 0.15) is 0 Å². The van der Waals surface area contributed by atoms with E-state index in [0.29, 0.717) is 13.1 Å². The van der Waals surface area contributed by atoms with Crippen LogP contribution in [0.3, 0.4) is 0 Å². The molecular formula is C23H21N3O. The number of urea groups is 1. The van der Waals surface area contributed by atoms with Crippen LogP contribution in [0.2, 0.25) is 0 Å². The molecule has 0 aliphatic heterocycles. The van der Waals surface area contributed by atoms with Gasteiger partial charge in [0.05, 0.1) is 5.69 Å². The van der Waals surface area contributed by atoms with Gasteiger partial charge in [-0.1, -0.05) is 78.9 Å². The number of aromatic nitrogens is 1. The van der Waals surface area contributed by atoms with Crippen LogP contribution in [0.5, 0.6) is 0 Å². The highest BCUT2D eigenvalue weighted by molar-refractivity contribution is 6.00. The summed E-state index contributed by atoms with van der Waals surface area (Å²) < 4.78 is 0. The number of para-hydroxylation sites is 1. The fraction of sp³-hybridized carbons (Fsp3) is 0.0870. The lowest BCUT2D eigenvalue weighted by Crippen LogP contribution is -2.34. The van der Waals surface area contributed by atoms with Crippen molar-refractivity contribution in [3.63, 3.8) is 0 Å². The standard InChI is InChI=1S/C23H21N3O/c27-23(25-22-15-24-21-14-8-7-13-20(21)22)26(16-18-9-3-1-4-10-18)17-19-11-5-2-6-12-19/h1-15,24H,16-17H2,(H,25,27). The van der Waals surface area contributed by atoms with Crippen LogP contribution in [0, 0.1) is 0 Å². The van der Waals surface area contributed by atoms with Gasteiger partial charge in [-0.05, 0) is 17.2 Å². The van der Waals surface area contributed by atoms with Gasteiger partial charge in [-0.25, -0.2) is 4.79 Å². The molecule has 2 N–H and O–H groups in total. The third-order valence-electron chi connectivity index (χ3n) is 4.55. The summed E-state index contributed by atoms with van der Waals surface area (Å²) in [7, 11) is 0. The van der Waals surface area contributed by atoms with Crippen molar-refractivity contribution >= 4 is 22.6 Å². The maximum atomic E-state index is 13.1. The number of nitrogens with zero attached hydrogens (tertiary/aromatic N) is 1. The van der Waals surface area contributed by atoms with Crippen molar-refractivity contribution in [2.45, 2.75) is 13.1 Å². The van der Waals surface area contributed by atoms with E-state index in [2.05, 4.69) is 10.3 Å². The Morgan fingerprint density at radius 3 is 1.96 bits per heavy atom. The largest absolute Gasteiger partial charge is 0.359 e. The van der Waals surface area contributed by atoms with Gasteiger partial charge in [0.15, 0.2) is 0 Å². The predicted octanol–water partition coefficient (Wildman–Crippen LogP) is 5.40. The summed E-state index contributed by atoms with van der Waals surface area (Å²) in [6, 6.07) is 27.9. The van der Waals surface area contributed by atoms with Gasteiger partial charge in [-0.15, -0.1) is 0 Å². The minimum absolute atomic E-state index is 0.118. The molecule has 0 aliphatic rings. The first-order chi connectivity index (χ1) is 13.3. The molecular weight excluding hydrogens is 334 g/mol. The van der Waals surface area contributed by atoms with Gasteiger partial charge in [0.2, 0.25) is 0 Å². The SMILES string of the molecule is O=C(Nc1c[nH]c2ccccc12)N(Cc1ccccc1)Cc1ccccc1. The number of rotatable bonds is 5. The summed E-state index contributed by atoms with van der Waals surface area (Å²) in [5, 5.41) is 4.07. The number of amides is 2. The molecule has 3 aromatic carbocycles. The quantitative estimate of drug-likeness (QED) is 0.494. The molecule has 134 valence electrons. The van der Waals surface area contributed by atoms with Gasteiger partial charge in [-0.3, -0.25) is 0 Å². The molecule has 0 saturated carbocycles. The third-order valence-corrected chi connectivity index (χ3v) is 4.55. The van der Waals surface area contributed by atoms with Gasteiger partial charge in [0.25, 0.3) is 0 Å². The third kappa shape index (κ3) is 4.01. The van der Waals surface area contributed by atoms with Crippen LogP contribution >= 0.6 is 0 Å². The van der Waals surface area contributed by atoms with Crippen molar-refractivity contribution in [1.29, 1.82) is 0 Å². The second kappa shape index (κ2) is 7.79. The molecule has 0 saturated heterocycles. The van der Waals surface area contributed by atoms with Crippen molar-refractivity contribution in [1.82, 2.24) is 9.88 Å². The van der Waals surface area contributed by atoms with Gasteiger partial charge >= 0.3 is 6.03 Å². The number of hydrogen-bond donors (Lipinski definition) is 2. The van der Waals surface area contributed by atoms with Crippen LogP contribution in [0.25, 0.3) is 10.9 Å². The van der Waals surface area contributed by atoms with Gasteiger partial charge in [0, 0.05) is 30.2 Å². The van der Waals surface area contributed by atoms with Crippen LogP contribution in [0.1, 0.15) is 11.1 Å². The number of aromatic amines is 1. The van der Waals surface area contributed by atoms with E-state index in [4.69, 9.17) is 0 Å². The van der Waals surface area contributed by atoms with E-state index in [0.717, 1.165) is 27.7 Å². The number of carbonyl (C=O) groups is 1. The Balaban J connectivity index is 1.57. The molecule has 1 heterocycles. The Labute approximate surface area is 158 Å². The van der Waals surface area contributed by atoms with Crippen LogP contribution in [0.4, 0.5) is 10.5 Å². The summed E-state index contributed by atoms with van der Waals surface area (Å²) >= 11 is 0. The lowest BCUT2D eigenvalue weighted by molar-refractivity contribution is 0.206. The molecule has 1 aromatic heterocycles. The van der Waals surface area contributed by atoms with Crippen LogP contribution in [0.15, 0.2) is 91.1 Å². The number of H-pyrrole nitrogens is 1. The molecule has 0 atom stereocenters. The zero-order valence-corrected chi connectivity index (χ0v) is 14.9. The maximum absolute atomic E-state index is 13.1. The van der Waals surface area contributed by atoms with Gasteiger partial charge in [-0.2, -0.15) is 0 Å². The molecule has 4 aromatic rings. The molecule has 27 heavy (non-hydrogen) atoms. The normalized spacial score (nSPS) is 10.7. The minimum Gasteiger partial charge on any atom is -0.359 e. The number of benzene rings is 3. The molecule has 0 spiro atoms. The molecule has 2 amide bonds. The second-order valence-corrected chi connectivity index (χ2v) is 6.51. The first kappa shape index (κ1) is 16.9. The number of nitrogens with one attached hydrogen (secondary N) is 2. The van der Waals surface area contributed by atoms with Gasteiger partial charge < -0.3 is 15.2 Å². The monoisotopic (exact) mass is 355 g/mol. The van der Waals surface area contributed by atoms with E-state index >= 15 is 0 Å². The zero-order chi connectivity index (χ0) is 18.5. The van der Waals surface area contributed by atoms with E-state index < -0.39 is 0 Å². The van der Waals surface area contributed by atoms with E-state index in [-0.39, 0.29) is 6.03 Å². The summed E-state index contributed by atoms with van der Waals surface area (Å²) in [6.45, 7) is 1.09. The molecule has 4 nitrogen and oxygen atoms in total. The number of anilines is 1. The molecule has 4 heteroatoms. The Kier molecular flexibility index (Phi) is 4.88. The Morgan fingerprint density at radius 2 is 1.33 bits per heavy atom. The first-order valence-corrected chi connectivity index (χ1v) is 8.99. The van der Waals surface area contributed by atoms with E-state index in [1.165, 1.54) is 0 Å². The Bertz CT molecular complexity index is 984. The van der Waals surface area contributed by atoms with E-state index in [1.807, 2.05) is 96.0 Å². The smallest absolute Gasteiger partial charge is 0.322 e. The summed E-state index contributed by atoms with van der Waals surface area (Å²) in [6.07, 6.45) is 1.84. The van der Waals surface area contributed by atoms with Crippen LogP contribution < -0.4 is 5.32 Å². The van der Waals surface area contributed by atoms with Crippen LogP contribution in [-0.4, -0.2) is 15.9 Å². The van der Waals surface area contributed by atoms with E-state index in [9.17, 15) is 4.79 Å². The van der Waals surface area contributed by atoms with Crippen molar-refractivity contribution < 1.29 is 4.79 Å². The number of hydrogen-bond acceptors (Lipinski definition) is 1. The minimum atomic E-state index is -0.118. The zero-order valence-electron chi connectivity index (χ0n) is 14.9. The molecule has 0 bridgehead atoms. The Morgan fingerprint density at radius 1 is 0.778 bits per heavy atom. The molecule has 0 radical (unpaired) electrons. The number of carbonyl (C=O) groups excluding carboxylic acids is 1. The molecule has 0 fully saturated rings. The van der Waals surface area contributed by atoms with Crippen molar-refractivity contribution in [2.24, 2.45) is 0 Å².